The van der Waals surface area contributed by atoms with Gasteiger partial charge in [0.15, 0.2) is 28.4 Å². The lowest BCUT2D eigenvalue weighted by molar-refractivity contribution is -0.359. The van der Waals surface area contributed by atoms with Crippen LogP contribution in [0.1, 0.15) is 59.3 Å². The number of fused-ring (bicyclic) bond motifs is 9. The standard InChI is InChI=1S/C28H34O11/c1-22-11-17(37-18(31)12-22)24(3)28-19(22)20(32)27(36-4,39-28)14-10-16(30)25(34)8-5-6-15(29)23(25,2)13(14)7-9-26(28,35)21(33)38-24/h5-6,13-14,16-17,19,30,34-35H,7-12H2,1-4H3/t13?,14?,16?,17-,19?,22-,23+,24+,25+,26-,27-,28+/m1/s1. The van der Waals surface area contributed by atoms with Crippen LogP contribution in [0, 0.1) is 28.6 Å². The summed E-state index contributed by atoms with van der Waals surface area (Å²) >= 11 is 0. The number of aliphatic hydroxyl groups is 3. The molecule has 212 valence electrons. The van der Waals surface area contributed by atoms with Crippen molar-refractivity contribution in [2.24, 2.45) is 28.6 Å². The van der Waals surface area contributed by atoms with Crippen molar-refractivity contribution in [3.8, 4) is 0 Å². The van der Waals surface area contributed by atoms with Crippen LogP contribution in [0.5, 0.6) is 0 Å². The van der Waals surface area contributed by atoms with Gasteiger partial charge in [-0.25, -0.2) is 4.79 Å². The molecule has 4 aliphatic heterocycles. The fourth-order valence-corrected chi connectivity index (χ4v) is 10.1. The molecule has 39 heavy (non-hydrogen) atoms. The molecule has 11 heteroatoms. The highest BCUT2D eigenvalue weighted by atomic mass is 16.7. The van der Waals surface area contributed by atoms with Crippen molar-refractivity contribution in [1.82, 2.24) is 0 Å². The molecule has 0 aromatic rings. The Morgan fingerprint density at radius 3 is 2.49 bits per heavy atom. The van der Waals surface area contributed by atoms with Crippen LogP contribution >= 0.6 is 0 Å². The maximum absolute atomic E-state index is 14.9. The number of hydrogen-bond acceptors (Lipinski definition) is 11. The Balaban J connectivity index is 1.51. The van der Waals surface area contributed by atoms with Gasteiger partial charge in [0.1, 0.15) is 11.7 Å². The van der Waals surface area contributed by atoms with Crippen LogP contribution in [0.4, 0.5) is 0 Å². The van der Waals surface area contributed by atoms with Crippen molar-refractivity contribution < 1.29 is 53.4 Å². The number of ether oxygens (including phenoxy) is 4. The average molecular weight is 547 g/mol. The van der Waals surface area contributed by atoms with E-state index >= 15 is 0 Å². The minimum atomic E-state index is -2.34. The number of carbonyl (C=O) groups is 4. The lowest BCUT2D eigenvalue weighted by atomic mass is 9.47. The van der Waals surface area contributed by atoms with Gasteiger partial charge in [-0.05, 0) is 63.4 Å². The molecule has 0 radical (unpaired) electrons. The number of methoxy groups -OCH3 is 1. The maximum atomic E-state index is 14.9. The number of allylic oxidation sites excluding steroid dienone is 1. The third-order valence-corrected chi connectivity index (χ3v) is 12.1. The van der Waals surface area contributed by atoms with Gasteiger partial charge in [0.05, 0.1) is 23.9 Å². The summed E-state index contributed by atoms with van der Waals surface area (Å²) in [5, 5.41) is 35.5. The maximum Gasteiger partial charge on any atom is 0.342 e. The first-order valence-electron chi connectivity index (χ1n) is 13.7. The fraction of sp³-hybridized carbons (Fsp3) is 0.786. The van der Waals surface area contributed by atoms with Crippen molar-refractivity contribution in [1.29, 1.82) is 0 Å². The van der Waals surface area contributed by atoms with E-state index in [1.165, 1.54) is 26.2 Å². The summed E-state index contributed by atoms with van der Waals surface area (Å²) in [5.74, 6) is -7.57. The molecule has 4 heterocycles. The third kappa shape index (κ3) is 2.36. The van der Waals surface area contributed by atoms with E-state index in [0.717, 1.165) is 0 Å². The summed E-state index contributed by atoms with van der Waals surface area (Å²) in [7, 11) is 1.28. The number of esters is 2. The van der Waals surface area contributed by atoms with Crippen LogP contribution < -0.4 is 0 Å². The Bertz CT molecular complexity index is 1280. The van der Waals surface area contributed by atoms with Crippen LogP contribution in [0.3, 0.4) is 0 Å². The normalized spacial score (nSPS) is 59.0. The number of Topliss-reactive ketones (excluding diaryl/α,β-unsaturated/α-hetero) is 1. The predicted octanol–water partition coefficient (Wildman–Crippen LogP) is 0.113. The van der Waals surface area contributed by atoms with Gasteiger partial charge in [0.25, 0.3) is 0 Å². The highest BCUT2D eigenvalue weighted by Gasteiger charge is 2.92. The molecule has 2 saturated carbocycles. The fourth-order valence-electron chi connectivity index (χ4n) is 10.1. The van der Waals surface area contributed by atoms with Gasteiger partial charge in [-0.1, -0.05) is 13.0 Å². The second kappa shape index (κ2) is 6.99. The van der Waals surface area contributed by atoms with E-state index in [2.05, 4.69) is 0 Å². The summed E-state index contributed by atoms with van der Waals surface area (Å²) < 4.78 is 24.3. The van der Waals surface area contributed by atoms with Crippen LogP contribution in [0.15, 0.2) is 12.2 Å². The van der Waals surface area contributed by atoms with E-state index in [0.29, 0.717) is 0 Å². The quantitative estimate of drug-likeness (QED) is 0.382. The Morgan fingerprint density at radius 2 is 1.79 bits per heavy atom. The van der Waals surface area contributed by atoms with Gasteiger partial charge in [0, 0.05) is 13.0 Å². The average Bonchev–Trinajstić information content (AvgIpc) is 3.24. The van der Waals surface area contributed by atoms with Gasteiger partial charge in [0.2, 0.25) is 5.79 Å². The summed E-state index contributed by atoms with van der Waals surface area (Å²) in [6.45, 7) is 4.85. The Morgan fingerprint density at radius 1 is 1.08 bits per heavy atom. The van der Waals surface area contributed by atoms with Gasteiger partial charge < -0.3 is 34.3 Å². The number of ketones is 2. The molecular weight excluding hydrogens is 512 g/mol. The van der Waals surface area contributed by atoms with Crippen molar-refractivity contribution in [2.75, 3.05) is 7.11 Å². The number of aliphatic hydroxyl groups excluding tert-OH is 1. The Hall–Kier alpha value is -2.18. The SMILES string of the molecule is CO[C@]12O[C@@]34C(C1=O)[C@@]1(C)CC(=O)O[C@H](C1)[C@]3(C)OC(=O)[C@]4(O)CCC1C2CC(O)[C@@]2(O)CC=CC(=O)[C@]12C. The highest BCUT2D eigenvalue weighted by Crippen LogP contribution is 2.73. The summed E-state index contributed by atoms with van der Waals surface area (Å²) in [4.78, 5) is 54.9. The van der Waals surface area contributed by atoms with Gasteiger partial charge in [-0.2, -0.15) is 0 Å². The van der Waals surface area contributed by atoms with Gasteiger partial charge >= 0.3 is 11.9 Å². The zero-order chi connectivity index (χ0) is 28.2. The molecule has 6 fully saturated rings. The van der Waals surface area contributed by atoms with Crippen LogP contribution in [-0.4, -0.2) is 86.3 Å². The van der Waals surface area contributed by atoms with E-state index in [1.807, 2.05) is 0 Å². The minimum absolute atomic E-state index is 0.0184. The molecule has 4 saturated heterocycles. The van der Waals surface area contributed by atoms with Crippen molar-refractivity contribution in [2.45, 2.75) is 99.7 Å². The van der Waals surface area contributed by atoms with E-state index in [1.54, 1.807) is 13.8 Å². The molecular formula is C28H34O11. The minimum Gasteiger partial charge on any atom is -0.458 e. The van der Waals surface area contributed by atoms with Crippen LogP contribution in [0.25, 0.3) is 0 Å². The molecule has 7 aliphatic rings. The molecule has 3 N–H and O–H groups in total. The topological polar surface area (TPSA) is 166 Å². The Labute approximate surface area is 224 Å². The molecule has 0 amide bonds. The monoisotopic (exact) mass is 546 g/mol. The van der Waals surface area contributed by atoms with E-state index in [4.69, 9.17) is 18.9 Å². The second-order valence-electron chi connectivity index (χ2n) is 13.5. The molecule has 11 nitrogen and oxygen atoms in total. The van der Waals surface area contributed by atoms with E-state index in [9.17, 15) is 34.5 Å². The lowest BCUT2D eigenvalue weighted by Crippen LogP contribution is -2.77. The molecule has 1 spiro atoms. The molecule has 0 aromatic heterocycles. The van der Waals surface area contributed by atoms with Gasteiger partial charge in [-0.15, -0.1) is 0 Å². The third-order valence-electron chi connectivity index (χ3n) is 12.1. The first-order valence-corrected chi connectivity index (χ1v) is 13.7. The zero-order valence-electron chi connectivity index (χ0n) is 22.4. The van der Waals surface area contributed by atoms with Crippen molar-refractivity contribution in [3.63, 3.8) is 0 Å². The summed E-state index contributed by atoms with van der Waals surface area (Å²) in [5.41, 5.74) is -10.5. The lowest BCUT2D eigenvalue weighted by Gasteiger charge is -2.62. The molecule has 3 aliphatic carbocycles. The first kappa shape index (κ1) is 25.8. The second-order valence-corrected chi connectivity index (χ2v) is 13.5. The molecule has 12 atom stereocenters. The zero-order valence-corrected chi connectivity index (χ0v) is 22.4. The van der Waals surface area contributed by atoms with Crippen molar-refractivity contribution in [3.05, 3.63) is 12.2 Å². The smallest absolute Gasteiger partial charge is 0.342 e. The predicted molar refractivity (Wildman–Crippen MR) is 127 cm³/mol. The van der Waals surface area contributed by atoms with Crippen LogP contribution in [-0.2, 0) is 38.1 Å². The molecule has 4 unspecified atom stereocenters. The summed E-state index contributed by atoms with van der Waals surface area (Å²) in [6.07, 6.45) is 0.282. The van der Waals surface area contributed by atoms with Crippen molar-refractivity contribution >= 4 is 23.5 Å². The first-order chi connectivity index (χ1) is 18.1. The molecule has 0 aromatic carbocycles. The largest absolute Gasteiger partial charge is 0.458 e. The van der Waals surface area contributed by atoms with E-state index in [-0.39, 0.29) is 38.5 Å². The summed E-state index contributed by atoms with van der Waals surface area (Å²) in [6, 6.07) is 0. The highest BCUT2D eigenvalue weighted by molar-refractivity contribution is 6.00. The molecule has 7 rings (SSSR count). The number of carbonyl (C=O) groups excluding carboxylic acids is 4. The molecule has 4 bridgehead atoms. The van der Waals surface area contributed by atoms with E-state index < -0.39 is 92.5 Å². The number of hydrogen-bond donors (Lipinski definition) is 3. The van der Waals surface area contributed by atoms with Gasteiger partial charge in [-0.3, -0.25) is 14.4 Å². The van der Waals surface area contributed by atoms with Crippen LogP contribution in [0.2, 0.25) is 0 Å². The Kier molecular flexibility index (Phi) is 4.62. The number of rotatable bonds is 1.